The molecule has 19 nitrogen and oxygen atoms in total. The summed E-state index contributed by atoms with van der Waals surface area (Å²) in [5.41, 5.74) is 9.43. The third kappa shape index (κ3) is 30.0. The van der Waals surface area contributed by atoms with E-state index in [-0.39, 0.29) is 46.5 Å². The van der Waals surface area contributed by atoms with E-state index in [4.69, 9.17) is 20.7 Å². The van der Waals surface area contributed by atoms with Gasteiger partial charge in [-0.2, -0.15) is 26.3 Å². The highest BCUT2D eigenvalue weighted by Crippen LogP contribution is 2.32. The average Bonchev–Trinajstić information content (AvgIpc) is 2.23. The summed E-state index contributed by atoms with van der Waals surface area (Å²) in [4.78, 5) is 93.7. The number of benzene rings is 4. The smallest absolute Gasteiger partial charge is 0.416 e. The van der Waals surface area contributed by atoms with Crippen LogP contribution in [-0.2, 0) is 36.2 Å². The molecule has 0 radical (unpaired) electrons. The van der Waals surface area contributed by atoms with Crippen LogP contribution in [0.3, 0.4) is 0 Å². The van der Waals surface area contributed by atoms with Crippen LogP contribution in [0.2, 0.25) is 0 Å². The molecule has 0 aliphatic carbocycles. The highest BCUT2D eigenvalue weighted by atomic mass is 79.9. The number of esters is 2. The number of nitrogens with two attached hydrogens (primary N) is 1. The second kappa shape index (κ2) is 38.7. The minimum atomic E-state index is -4.51. The Bertz CT molecular complexity index is 3870. The maximum Gasteiger partial charge on any atom is 0.416 e. The van der Waals surface area contributed by atoms with Gasteiger partial charge in [0, 0.05) is 99.5 Å². The monoisotopic (exact) mass is 1400 g/mol. The summed E-state index contributed by atoms with van der Waals surface area (Å²) in [6.45, 7) is 11.3. The first kappa shape index (κ1) is 75.6. The standard InChI is InChI=1S/C18H15F3N2O3.C16H11F3N2O3.C13H11BrN2O.C7H9N.C6H4BrNO2.C5H8O2/c1-2-26-16(24)7-6-12-8-13(11-22-10-12)17(25)23-15-5-3-4-14(9-15)18(19,20)21;17-16(18,19)12-2-1-3-13(7-12)21-15(24)11-6-10(8-20-9-11)4-5-14(22)23;1-9-3-2-4-12(5-9)16-13(17)10-6-11(14)8-15-7-10;1-6-3-2-4-7(8)5-6;7-5-1-4(6(9)10)2-8-3-5;1-3-5(6)7-4-2/h3-11H,2H2,1H3,(H,23,25);1-9H,(H,21,24)(H,22,23);2-8H,1H3,(H,16,17);2-5H,8H2,1H3;1-3H,(H,9,10);3H,1,4H2,2H3/b7-6+;5-4+;;;;. The van der Waals surface area contributed by atoms with Crippen LogP contribution >= 0.6 is 31.9 Å². The molecule has 0 aliphatic rings. The molecule has 27 heteroatoms. The van der Waals surface area contributed by atoms with Crippen molar-refractivity contribution in [2.24, 2.45) is 0 Å². The predicted molar refractivity (Wildman–Crippen MR) is 342 cm³/mol. The Morgan fingerprint density at radius 3 is 1.25 bits per heavy atom. The molecule has 3 amide bonds. The number of anilines is 4. The van der Waals surface area contributed by atoms with Gasteiger partial charge in [0.2, 0.25) is 0 Å². The number of aromatic carboxylic acids is 1. The van der Waals surface area contributed by atoms with Gasteiger partial charge in [-0.1, -0.05) is 43.0 Å². The lowest BCUT2D eigenvalue weighted by Gasteiger charge is -2.10. The topological polar surface area (TPSA) is 292 Å². The van der Waals surface area contributed by atoms with Gasteiger partial charge in [-0.25, -0.2) is 19.2 Å². The number of rotatable bonds is 14. The molecular formula is C65H58Br2F6N8O11. The Balaban J connectivity index is 0.000000307. The number of carbonyl (C=O) groups is 7. The molecule has 0 fully saturated rings. The predicted octanol–water partition coefficient (Wildman–Crippen LogP) is 14.6. The largest absolute Gasteiger partial charge is 0.478 e. The fourth-order valence-electron chi connectivity index (χ4n) is 6.68. The number of aliphatic carboxylic acids is 1. The molecule has 0 spiro atoms. The minimum Gasteiger partial charge on any atom is -0.478 e. The zero-order valence-electron chi connectivity index (χ0n) is 49.1. The number of carboxylic acid groups (broad SMARTS) is 2. The van der Waals surface area contributed by atoms with Crippen molar-refractivity contribution in [2.45, 2.75) is 40.0 Å². The zero-order chi connectivity index (χ0) is 68.4. The number of alkyl halides is 6. The van der Waals surface area contributed by atoms with Crippen LogP contribution in [0.1, 0.15) is 88.7 Å². The highest BCUT2D eigenvalue weighted by Gasteiger charge is 2.31. The number of carboxylic acids is 2. The number of nitrogens with zero attached hydrogens (tertiary/aromatic N) is 4. The number of nitrogens with one attached hydrogen (secondary N) is 3. The number of ether oxygens (including phenoxy) is 2. The van der Waals surface area contributed by atoms with Crippen LogP contribution in [0.25, 0.3) is 12.2 Å². The van der Waals surface area contributed by atoms with Gasteiger partial charge in [0.1, 0.15) is 0 Å². The summed E-state index contributed by atoms with van der Waals surface area (Å²) in [7, 11) is 0. The molecule has 7 N–H and O–H groups in total. The Morgan fingerprint density at radius 1 is 0.511 bits per heavy atom. The van der Waals surface area contributed by atoms with Crippen molar-refractivity contribution in [3.8, 4) is 0 Å². The van der Waals surface area contributed by atoms with Crippen molar-refractivity contribution in [2.75, 3.05) is 34.9 Å². The quantitative estimate of drug-likeness (QED) is 0.0255. The van der Waals surface area contributed by atoms with E-state index in [1.807, 2.05) is 62.4 Å². The molecule has 4 aromatic carbocycles. The van der Waals surface area contributed by atoms with Gasteiger partial charge in [0.05, 0.1) is 46.6 Å². The van der Waals surface area contributed by atoms with Gasteiger partial charge in [-0.05, 0) is 179 Å². The molecule has 0 saturated carbocycles. The first-order valence-electron chi connectivity index (χ1n) is 26.6. The Labute approximate surface area is 540 Å². The van der Waals surface area contributed by atoms with Gasteiger partial charge < -0.3 is 41.4 Å². The SMILES string of the molecule is C=CC(=O)OCC.CCOC(=O)/C=C/c1cncc(C(=O)Nc2cccc(C(F)(F)F)c2)c1.Cc1cccc(N)c1.Cc1cccc(NC(=O)c2cncc(Br)c2)c1.O=C(O)/C=C/c1cncc(C(=O)Nc2cccc(C(F)(F)F)c2)c1.O=C(O)c1cncc(Br)c1. The molecule has 0 aliphatic heterocycles. The lowest BCUT2D eigenvalue weighted by Crippen LogP contribution is -2.13. The maximum absolute atomic E-state index is 12.7. The van der Waals surface area contributed by atoms with E-state index in [0.717, 1.165) is 57.8 Å². The summed E-state index contributed by atoms with van der Waals surface area (Å²) in [6.07, 6.45) is 8.15. The first-order valence-corrected chi connectivity index (χ1v) is 28.2. The van der Waals surface area contributed by atoms with Crippen molar-refractivity contribution < 1.29 is 79.6 Å². The van der Waals surface area contributed by atoms with Crippen LogP contribution < -0.4 is 21.7 Å². The summed E-state index contributed by atoms with van der Waals surface area (Å²) >= 11 is 6.39. The van der Waals surface area contributed by atoms with Crippen LogP contribution in [0, 0.1) is 13.8 Å². The van der Waals surface area contributed by atoms with Crippen LogP contribution in [0.15, 0.2) is 205 Å². The van der Waals surface area contributed by atoms with Gasteiger partial charge in [-0.15, -0.1) is 0 Å². The number of amides is 3. The number of carbonyl (C=O) groups excluding carboxylic acids is 5. The third-order valence-electron chi connectivity index (χ3n) is 10.7. The molecule has 8 rings (SSSR count). The number of nitrogen functional groups attached to an aromatic ring is 1. The number of hydrogen-bond donors (Lipinski definition) is 6. The molecule has 0 saturated heterocycles. The normalized spacial score (nSPS) is 10.4. The van der Waals surface area contributed by atoms with E-state index < -0.39 is 53.2 Å². The molecule has 92 heavy (non-hydrogen) atoms. The van der Waals surface area contributed by atoms with E-state index in [1.54, 1.807) is 26.1 Å². The maximum atomic E-state index is 12.7. The zero-order valence-corrected chi connectivity index (χ0v) is 52.3. The van der Waals surface area contributed by atoms with Crippen molar-refractivity contribution >= 4 is 108 Å². The van der Waals surface area contributed by atoms with E-state index >= 15 is 0 Å². The van der Waals surface area contributed by atoms with E-state index in [0.29, 0.717) is 27.8 Å². The average molecular weight is 1400 g/mol. The summed E-state index contributed by atoms with van der Waals surface area (Å²) in [5, 5.41) is 24.6. The summed E-state index contributed by atoms with van der Waals surface area (Å²) < 4.78 is 86.7. The van der Waals surface area contributed by atoms with Crippen LogP contribution in [0.5, 0.6) is 0 Å². The van der Waals surface area contributed by atoms with Crippen molar-refractivity contribution in [1.29, 1.82) is 0 Å². The van der Waals surface area contributed by atoms with Gasteiger partial charge >= 0.3 is 36.2 Å². The summed E-state index contributed by atoms with van der Waals surface area (Å²) in [5.74, 6) is -4.46. The lowest BCUT2D eigenvalue weighted by atomic mass is 10.1. The lowest BCUT2D eigenvalue weighted by molar-refractivity contribution is -0.138. The van der Waals surface area contributed by atoms with Crippen LogP contribution in [0.4, 0.5) is 49.1 Å². The van der Waals surface area contributed by atoms with Crippen LogP contribution in [-0.4, -0.2) is 85.0 Å². The van der Waals surface area contributed by atoms with E-state index in [1.165, 1.54) is 110 Å². The van der Waals surface area contributed by atoms with Crippen molar-refractivity contribution in [3.05, 3.63) is 260 Å². The molecule has 0 atom stereocenters. The molecule has 4 heterocycles. The Hall–Kier alpha value is -10.7. The number of aromatic nitrogens is 4. The number of hydrogen-bond acceptors (Lipinski definition) is 14. The van der Waals surface area contributed by atoms with Gasteiger partial charge in [-0.3, -0.25) is 34.3 Å². The molecule has 0 bridgehead atoms. The number of aryl methyl sites for hydroxylation is 2. The minimum absolute atomic E-state index is 0.0114. The fourth-order valence-corrected chi connectivity index (χ4v) is 7.41. The molecule has 480 valence electrons. The van der Waals surface area contributed by atoms with Gasteiger partial charge in [0.15, 0.2) is 0 Å². The summed E-state index contributed by atoms with van der Waals surface area (Å²) in [6, 6.07) is 30.1. The molecule has 0 unspecified atom stereocenters. The molecule has 4 aromatic heterocycles. The second-order valence-electron chi connectivity index (χ2n) is 18.1. The Kier molecular flexibility index (Phi) is 31.8. The molecule has 8 aromatic rings. The first-order chi connectivity index (χ1) is 43.5. The molecular weight excluding hydrogens is 1340 g/mol. The number of pyridine rings is 4. The third-order valence-corrected chi connectivity index (χ3v) is 11.6. The number of halogens is 8. The highest BCUT2D eigenvalue weighted by molar-refractivity contribution is 9.10. The van der Waals surface area contributed by atoms with Crippen molar-refractivity contribution in [1.82, 2.24) is 19.9 Å². The fraction of sp³-hybridized carbons (Fsp3) is 0.123. The second-order valence-corrected chi connectivity index (χ2v) is 20.0. The van der Waals surface area contributed by atoms with Gasteiger partial charge in [0.25, 0.3) is 17.7 Å². The Morgan fingerprint density at radius 2 is 0.891 bits per heavy atom. The van der Waals surface area contributed by atoms with E-state index in [2.05, 4.69) is 79.1 Å². The van der Waals surface area contributed by atoms with Crippen molar-refractivity contribution in [3.63, 3.8) is 0 Å². The van der Waals surface area contributed by atoms with E-state index in [9.17, 15) is 59.9 Å².